The molecular formula is C21H16ClF4N4NaO3S. The van der Waals surface area contributed by atoms with E-state index in [-0.39, 0.29) is 63.1 Å². The van der Waals surface area contributed by atoms with Gasteiger partial charge in [-0.2, -0.15) is 13.2 Å². The van der Waals surface area contributed by atoms with Crippen LogP contribution in [0.1, 0.15) is 22.3 Å². The Morgan fingerprint density at radius 1 is 1.29 bits per heavy atom. The number of nitrogens with zero attached hydrogens (tertiary/aromatic N) is 3. The summed E-state index contributed by atoms with van der Waals surface area (Å²) in [7, 11) is 0. The van der Waals surface area contributed by atoms with Gasteiger partial charge in [0.1, 0.15) is 11.6 Å². The Balaban J connectivity index is 0.00000342. The number of carbonyl (C=O) groups is 2. The van der Waals surface area contributed by atoms with Gasteiger partial charge in [-0.25, -0.2) is 14.4 Å². The van der Waals surface area contributed by atoms with Crippen LogP contribution in [0.15, 0.2) is 35.8 Å². The van der Waals surface area contributed by atoms with E-state index in [4.69, 9.17) is 16.7 Å². The minimum absolute atomic E-state index is 0. The molecule has 0 spiro atoms. The SMILES string of the molecule is O=C(Nc1nc(-c2cccc(C(F)(F)F)c2F)cs1)c1cnc(N2CCC(C(=O)O)C2)c(Cl)c1.[NaH]. The van der Waals surface area contributed by atoms with Gasteiger partial charge < -0.3 is 10.0 Å². The van der Waals surface area contributed by atoms with E-state index in [0.29, 0.717) is 24.8 Å². The summed E-state index contributed by atoms with van der Waals surface area (Å²) in [5, 5.41) is 13.1. The Labute approximate surface area is 227 Å². The van der Waals surface area contributed by atoms with Crippen molar-refractivity contribution < 1.29 is 32.3 Å². The molecule has 14 heteroatoms. The molecule has 1 saturated heterocycles. The van der Waals surface area contributed by atoms with Crippen LogP contribution in [0.25, 0.3) is 11.3 Å². The Morgan fingerprint density at radius 2 is 2.03 bits per heavy atom. The summed E-state index contributed by atoms with van der Waals surface area (Å²) in [6.07, 6.45) is -3.13. The molecule has 1 fully saturated rings. The number of hydrogen-bond donors (Lipinski definition) is 2. The zero-order chi connectivity index (χ0) is 24.6. The van der Waals surface area contributed by atoms with Crippen molar-refractivity contribution in [2.24, 2.45) is 5.92 Å². The molecule has 180 valence electrons. The van der Waals surface area contributed by atoms with Gasteiger partial charge in [-0.15, -0.1) is 11.3 Å². The summed E-state index contributed by atoms with van der Waals surface area (Å²) in [5.41, 5.74) is -1.72. The number of amides is 1. The van der Waals surface area contributed by atoms with Crippen LogP contribution in [0.5, 0.6) is 0 Å². The molecule has 1 aliphatic rings. The van der Waals surface area contributed by atoms with Gasteiger partial charge in [-0.1, -0.05) is 17.7 Å². The standard InChI is InChI=1S/C21H15ClF4N4O3S.Na.H/c22-14-6-11(7-27-17(14)30-5-4-10(8-30)19(32)33)18(31)29-20-28-15(9-34-20)12-2-1-3-13(16(12)23)21(24,25)26;;/h1-3,6-7,9-10H,4-5,8H2,(H,32,33)(H,28,29,31);;. The van der Waals surface area contributed by atoms with Gasteiger partial charge in [-0.05, 0) is 24.6 Å². The van der Waals surface area contributed by atoms with Gasteiger partial charge >= 0.3 is 41.7 Å². The molecule has 2 aromatic heterocycles. The summed E-state index contributed by atoms with van der Waals surface area (Å²) in [6, 6.07) is 4.25. The molecule has 1 aliphatic heterocycles. The third-order valence-corrected chi connectivity index (χ3v) is 6.26. The predicted octanol–water partition coefficient (Wildman–Crippen LogP) is 4.53. The Morgan fingerprint density at radius 3 is 2.66 bits per heavy atom. The first kappa shape index (κ1) is 27.3. The third-order valence-electron chi connectivity index (χ3n) is 5.23. The number of carbonyl (C=O) groups excluding carboxylic acids is 1. The van der Waals surface area contributed by atoms with Crippen molar-refractivity contribution in [2.75, 3.05) is 23.3 Å². The number of rotatable bonds is 5. The summed E-state index contributed by atoms with van der Waals surface area (Å²) < 4.78 is 53.3. The zero-order valence-electron chi connectivity index (χ0n) is 17.1. The molecule has 7 nitrogen and oxygen atoms in total. The number of hydrogen-bond acceptors (Lipinski definition) is 6. The summed E-state index contributed by atoms with van der Waals surface area (Å²) in [5.74, 6) is -3.14. The van der Waals surface area contributed by atoms with Crippen LogP contribution < -0.4 is 10.2 Å². The van der Waals surface area contributed by atoms with Crippen molar-refractivity contribution >= 4 is 75.3 Å². The van der Waals surface area contributed by atoms with E-state index in [9.17, 15) is 27.2 Å². The van der Waals surface area contributed by atoms with Crippen LogP contribution in [0.2, 0.25) is 5.02 Å². The maximum absolute atomic E-state index is 14.4. The maximum atomic E-state index is 14.4. The fourth-order valence-electron chi connectivity index (χ4n) is 3.51. The van der Waals surface area contributed by atoms with Crippen molar-refractivity contribution in [3.8, 4) is 11.3 Å². The molecule has 3 heterocycles. The van der Waals surface area contributed by atoms with E-state index in [1.54, 1.807) is 4.90 Å². The average molecular weight is 539 g/mol. The third kappa shape index (κ3) is 5.95. The van der Waals surface area contributed by atoms with Crippen molar-refractivity contribution in [1.29, 1.82) is 0 Å². The molecule has 35 heavy (non-hydrogen) atoms. The monoisotopic (exact) mass is 538 g/mol. The summed E-state index contributed by atoms with van der Waals surface area (Å²) in [4.78, 5) is 33.6. The number of carboxylic acid groups (broad SMARTS) is 1. The van der Waals surface area contributed by atoms with Gasteiger partial charge in [0.25, 0.3) is 5.91 Å². The molecule has 1 aromatic carbocycles. The van der Waals surface area contributed by atoms with Crippen LogP contribution >= 0.6 is 22.9 Å². The number of carboxylic acids is 1. The Kier molecular flexibility index (Phi) is 8.43. The van der Waals surface area contributed by atoms with E-state index in [1.807, 2.05) is 0 Å². The average Bonchev–Trinajstić information content (AvgIpc) is 3.43. The van der Waals surface area contributed by atoms with E-state index in [2.05, 4.69) is 15.3 Å². The first-order valence-electron chi connectivity index (χ1n) is 9.81. The van der Waals surface area contributed by atoms with Crippen LogP contribution in [0.3, 0.4) is 0 Å². The van der Waals surface area contributed by atoms with Crippen molar-refractivity contribution in [1.82, 2.24) is 9.97 Å². The molecule has 1 atom stereocenters. The number of halogens is 5. The number of anilines is 2. The molecule has 2 N–H and O–H groups in total. The van der Waals surface area contributed by atoms with Gasteiger partial charge in [0.15, 0.2) is 5.13 Å². The fraction of sp³-hybridized carbons (Fsp3) is 0.238. The number of thiazole rings is 1. The second kappa shape index (κ2) is 10.8. The number of benzene rings is 1. The molecular weight excluding hydrogens is 523 g/mol. The molecule has 0 radical (unpaired) electrons. The quantitative estimate of drug-likeness (QED) is 0.366. The van der Waals surface area contributed by atoms with E-state index in [0.717, 1.165) is 17.4 Å². The van der Waals surface area contributed by atoms with E-state index < -0.39 is 35.4 Å². The zero-order valence-corrected chi connectivity index (χ0v) is 18.6. The van der Waals surface area contributed by atoms with Crippen molar-refractivity contribution in [3.05, 3.63) is 57.8 Å². The first-order chi connectivity index (χ1) is 16.0. The van der Waals surface area contributed by atoms with E-state index >= 15 is 0 Å². The Bertz CT molecular complexity index is 1270. The number of aliphatic carboxylic acids is 1. The number of pyridine rings is 1. The number of nitrogens with one attached hydrogen (secondary N) is 1. The predicted molar refractivity (Wildman–Crippen MR) is 125 cm³/mol. The summed E-state index contributed by atoms with van der Waals surface area (Å²) in [6.45, 7) is 0.713. The van der Waals surface area contributed by atoms with Crippen LogP contribution in [0, 0.1) is 11.7 Å². The van der Waals surface area contributed by atoms with Crippen LogP contribution in [-0.4, -0.2) is 69.6 Å². The van der Waals surface area contributed by atoms with Gasteiger partial charge in [0, 0.05) is 30.2 Å². The molecule has 0 bridgehead atoms. The second-order valence-corrected chi connectivity index (χ2v) is 8.72. The van der Waals surface area contributed by atoms with Crippen LogP contribution in [-0.2, 0) is 11.0 Å². The van der Waals surface area contributed by atoms with Gasteiger partial charge in [-0.3, -0.25) is 14.9 Å². The van der Waals surface area contributed by atoms with Crippen molar-refractivity contribution in [3.63, 3.8) is 0 Å². The van der Waals surface area contributed by atoms with E-state index in [1.165, 1.54) is 23.7 Å². The molecule has 0 aliphatic carbocycles. The Hall–Kier alpha value is -2.25. The minimum atomic E-state index is -4.85. The van der Waals surface area contributed by atoms with Gasteiger partial charge in [0.2, 0.25) is 0 Å². The number of alkyl halides is 3. The molecule has 3 aromatic rings. The van der Waals surface area contributed by atoms with Gasteiger partial charge in [0.05, 0.1) is 27.8 Å². The fourth-order valence-corrected chi connectivity index (χ4v) is 4.51. The first-order valence-corrected chi connectivity index (χ1v) is 11.1. The van der Waals surface area contributed by atoms with Crippen molar-refractivity contribution in [2.45, 2.75) is 12.6 Å². The second-order valence-electron chi connectivity index (χ2n) is 7.46. The molecule has 1 amide bonds. The van der Waals surface area contributed by atoms with Crippen LogP contribution in [0.4, 0.5) is 28.5 Å². The summed E-state index contributed by atoms with van der Waals surface area (Å²) >= 11 is 7.17. The number of aromatic nitrogens is 2. The normalized spacial score (nSPS) is 15.6. The molecule has 4 rings (SSSR count). The topological polar surface area (TPSA) is 95.4 Å². The molecule has 0 saturated carbocycles. The molecule has 1 unspecified atom stereocenters.